The van der Waals surface area contributed by atoms with Crippen LogP contribution in [0.4, 0.5) is 0 Å². The fourth-order valence-corrected chi connectivity index (χ4v) is 4.03. The lowest BCUT2D eigenvalue weighted by Crippen LogP contribution is -2.46. The Morgan fingerprint density at radius 3 is 2.29 bits per heavy atom. The van der Waals surface area contributed by atoms with Crippen LogP contribution in [0.3, 0.4) is 0 Å². The third-order valence-corrected chi connectivity index (χ3v) is 6.12. The first kappa shape index (κ1) is 21.5. The van der Waals surface area contributed by atoms with Crippen molar-refractivity contribution in [2.24, 2.45) is 7.05 Å². The predicted octanol–water partition coefficient (Wildman–Crippen LogP) is 2.81. The average molecular weight is 441 g/mol. The highest BCUT2D eigenvalue weighted by Crippen LogP contribution is 2.28. The maximum atomic E-state index is 5.63. The van der Waals surface area contributed by atoms with Crippen LogP contribution in [0.2, 0.25) is 0 Å². The van der Waals surface area contributed by atoms with Gasteiger partial charge >= 0.3 is 0 Å². The zero-order chi connectivity index (χ0) is 21.8. The van der Waals surface area contributed by atoms with Crippen LogP contribution in [0.5, 0.6) is 11.5 Å². The Morgan fingerprint density at radius 1 is 0.935 bits per heavy atom. The number of nitrogens with zero attached hydrogens (tertiary/aromatic N) is 6. The molecule has 1 aliphatic heterocycles. The monoisotopic (exact) mass is 440 g/mol. The molecule has 9 heteroatoms. The Labute approximate surface area is 187 Å². The van der Waals surface area contributed by atoms with Gasteiger partial charge in [-0.1, -0.05) is 6.07 Å². The fraction of sp³-hybridized carbons (Fsp3) is 0.409. The predicted molar refractivity (Wildman–Crippen MR) is 122 cm³/mol. The molecule has 1 aromatic carbocycles. The van der Waals surface area contributed by atoms with Crippen LogP contribution >= 0.6 is 12.2 Å². The molecule has 1 aliphatic rings. The summed E-state index contributed by atoms with van der Waals surface area (Å²) in [5.74, 6) is 2.39. The number of ether oxygens (including phenoxy) is 2. The van der Waals surface area contributed by atoms with Crippen LogP contribution in [0.15, 0.2) is 42.7 Å². The van der Waals surface area contributed by atoms with Gasteiger partial charge in [0, 0.05) is 57.7 Å². The molecule has 2 aromatic heterocycles. The second kappa shape index (κ2) is 9.59. The number of hydrogen-bond acceptors (Lipinski definition) is 7. The van der Waals surface area contributed by atoms with Crippen molar-refractivity contribution in [3.63, 3.8) is 0 Å². The van der Waals surface area contributed by atoms with E-state index in [1.807, 2.05) is 34.5 Å². The highest BCUT2D eigenvalue weighted by molar-refractivity contribution is 7.71. The van der Waals surface area contributed by atoms with Crippen LogP contribution in [0.25, 0.3) is 11.4 Å². The van der Waals surface area contributed by atoms with Gasteiger partial charge in [0.25, 0.3) is 0 Å². The molecule has 0 bridgehead atoms. The minimum absolute atomic E-state index is 0.696. The van der Waals surface area contributed by atoms with Crippen molar-refractivity contribution in [1.29, 1.82) is 0 Å². The van der Waals surface area contributed by atoms with Crippen LogP contribution in [-0.4, -0.2) is 69.5 Å². The van der Waals surface area contributed by atoms with Gasteiger partial charge in [0.1, 0.15) is 0 Å². The molecule has 0 spiro atoms. The maximum absolute atomic E-state index is 5.63. The molecule has 0 atom stereocenters. The van der Waals surface area contributed by atoms with Crippen LogP contribution < -0.4 is 9.47 Å². The van der Waals surface area contributed by atoms with Gasteiger partial charge in [-0.2, -0.15) is 5.10 Å². The van der Waals surface area contributed by atoms with Crippen LogP contribution in [0.1, 0.15) is 5.56 Å². The summed E-state index contributed by atoms with van der Waals surface area (Å²) in [6.45, 7) is 5.51. The van der Waals surface area contributed by atoms with Gasteiger partial charge in [-0.25, -0.2) is 4.68 Å². The fourth-order valence-electron chi connectivity index (χ4n) is 3.85. The van der Waals surface area contributed by atoms with E-state index in [4.69, 9.17) is 26.8 Å². The van der Waals surface area contributed by atoms with Gasteiger partial charge in [0.15, 0.2) is 22.1 Å². The highest BCUT2D eigenvalue weighted by Gasteiger charge is 2.19. The van der Waals surface area contributed by atoms with Crippen molar-refractivity contribution in [2.45, 2.75) is 13.2 Å². The van der Waals surface area contributed by atoms with Gasteiger partial charge in [0.05, 0.1) is 20.9 Å². The van der Waals surface area contributed by atoms with E-state index in [1.54, 1.807) is 26.6 Å². The quantitative estimate of drug-likeness (QED) is 0.524. The lowest BCUT2D eigenvalue weighted by molar-refractivity contribution is 0.0980. The number of pyridine rings is 1. The standard InChI is InChI=1S/C22H28N6O2S/c1-25-21(18-6-8-23-9-7-18)24-28(22(25)31)16-27-12-10-26(11-13-27)15-17-4-5-19(29-2)20(14-17)30-3/h4-9,14H,10-13,15-16H2,1-3H3. The molecule has 0 aliphatic carbocycles. The third-order valence-electron chi connectivity index (χ3n) is 5.63. The number of hydrogen-bond donors (Lipinski definition) is 0. The average Bonchev–Trinajstić information content (AvgIpc) is 3.09. The SMILES string of the molecule is COc1ccc(CN2CCN(Cn3nc(-c4ccncc4)n(C)c3=S)CC2)cc1OC. The van der Waals surface area contributed by atoms with Crippen molar-refractivity contribution in [3.8, 4) is 22.9 Å². The minimum atomic E-state index is 0.696. The summed E-state index contributed by atoms with van der Waals surface area (Å²) in [6.07, 6.45) is 3.55. The third kappa shape index (κ3) is 4.79. The summed E-state index contributed by atoms with van der Waals surface area (Å²) >= 11 is 5.63. The van der Waals surface area contributed by atoms with E-state index in [0.29, 0.717) is 6.67 Å². The summed E-state index contributed by atoms with van der Waals surface area (Å²) in [6, 6.07) is 10.0. The minimum Gasteiger partial charge on any atom is -0.493 e. The summed E-state index contributed by atoms with van der Waals surface area (Å²) in [4.78, 5) is 8.93. The summed E-state index contributed by atoms with van der Waals surface area (Å²) in [5, 5.41) is 4.76. The van der Waals surface area contributed by atoms with Gasteiger partial charge in [-0.05, 0) is 42.0 Å². The van der Waals surface area contributed by atoms with Crippen LogP contribution in [0, 0.1) is 4.77 Å². The van der Waals surface area contributed by atoms with E-state index in [2.05, 4.69) is 26.9 Å². The first-order chi connectivity index (χ1) is 15.1. The molecule has 3 heterocycles. The zero-order valence-electron chi connectivity index (χ0n) is 18.2. The molecule has 4 rings (SSSR count). The molecular weight excluding hydrogens is 412 g/mol. The Kier molecular flexibility index (Phi) is 6.64. The maximum Gasteiger partial charge on any atom is 0.199 e. The molecule has 0 N–H and O–H groups in total. The molecule has 8 nitrogen and oxygen atoms in total. The first-order valence-electron chi connectivity index (χ1n) is 10.3. The second-order valence-corrected chi connectivity index (χ2v) is 7.99. The number of methoxy groups -OCH3 is 2. The Balaban J connectivity index is 1.36. The summed E-state index contributed by atoms with van der Waals surface area (Å²) in [7, 11) is 5.29. The molecule has 164 valence electrons. The van der Waals surface area contributed by atoms with E-state index in [0.717, 1.165) is 60.4 Å². The van der Waals surface area contributed by atoms with Crippen molar-refractivity contribution in [3.05, 3.63) is 53.1 Å². The Morgan fingerprint density at radius 2 is 1.61 bits per heavy atom. The molecule has 1 saturated heterocycles. The van der Waals surface area contributed by atoms with Gasteiger partial charge in [0.2, 0.25) is 0 Å². The topological polar surface area (TPSA) is 60.6 Å². The second-order valence-electron chi connectivity index (χ2n) is 7.63. The van der Waals surface area contributed by atoms with Crippen molar-refractivity contribution in [1.82, 2.24) is 29.1 Å². The van der Waals surface area contributed by atoms with E-state index in [9.17, 15) is 0 Å². The first-order valence-corrected chi connectivity index (χ1v) is 10.7. The number of benzene rings is 1. The number of aromatic nitrogens is 4. The zero-order valence-corrected chi connectivity index (χ0v) is 19.0. The van der Waals surface area contributed by atoms with Gasteiger partial charge < -0.3 is 14.0 Å². The van der Waals surface area contributed by atoms with E-state index in [1.165, 1.54) is 5.56 Å². The Bertz CT molecular complexity index is 1070. The normalized spacial score (nSPS) is 15.2. The molecule has 0 unspecified atom stereocenters. The van der Waals surface area contributed by atoms with Gasteiger partial charge in [-0.3, -0.25) is 14.8 Å². The highest BCUT2D eigenvalue weighted by atomic mass is 32.1. The van der Waals surface area contributed by atoms with E-state index < -0.39 is 0 Å². The molecule has 31 heavy (non-hydrogen) atoms. The summed E-state index contributed by atoms with van der Waals surface area (Å²) in [5.41, 5.74) is 2.24. The Hall–Kier alpha value is -2.75. The number of rotatable bonds is 7. The smallest absolute Gasteiger partial charge is 0.199 e. The van der Waals surface area contributed by atoms with Gasteiger partial charge in [-0.15, -0.1) is 0 Å². The molecular formula is C22H28N6O2S. The summed E-state index contributed by atoms with van der Waals surface area (Å²) < 4.78 is 15.4. The van der Waals surface area contributed by atoms with Crippen molar-refractivity contribution in [2.75, 3.05) is 40.4 Å². The van der Waals surface area contributed by atoms with Crippen molar-refractivity contribution < 1.29 is 9.47 Å². The lowest BCUT2D eigenvalue weighted by atomic mass is 10.1. The van der Waals surface area contributed by atoms with Crippen molar-refractivity contribution >= 4 is 12.2 Å². The molecule has 3 aromatic rings. The lowest BCUT2D eigenvalue weighted by Gasteiger charge is -2.34. The molecule has 0 saturated carbocycles. The molecule has 0 radical (unpaired) electrons. The largest absolute Gasteiger partial charge is 0.493 e. The van der Waals surface area contributed by atoms with E-state index >= 15 is 0 Å². The van der Waals surface area contributed by atoms with E-state index in [-0.39, 0.29) is 0 Å². The molecule has 0 amide bonds. The molecule has 1 fully saturated rings. The number of piperazine rings is 1. The van der Waals surface area contributed by atoms with Crippen LogP contribution in [-0.2, 0) is 20.3 Å².